The molecule has 0 aromatic carbocycles. The summed E-state index contributed by atoms with van der Waals surface area (Å²) < 4.78 is 6.70. The number of aryl methyl sites for hydroxylation is 1. The average molecular weight is 227 g/mol. The quantitative estimate of drug-likeness (QED) is 0.542. The SMILES string of the molecule is NCCOCC(=O)NCCCn1ccnn1. The van der Waals surface area contributed by atoms with Gasteiger partial charge in [0, 0.05) is 25.8 Å². The summed E-state index contributed by atoms with van der Waals surface area (Å²) >= 11 is 0. The van der Waals surface area contributed by atoms with Crippen molar-refractivity contribution in [2.24, 2.45) is 5.73 Å². The molecule has 1 rings (SSSR count). The predicted molar refractivity (Wildman–Crippen MR) is 57.5 cm³/mol. The van der Waals surface area contributed by atoms with Gasteiger partial charge in [-0.25, -0.2) is 0 Å². The number of nitrogens with two attached hydrogens (primary N) is 1. The lowest BCUT2D eigenvalue weighted by molar-refractivity contribution is -0.125. The molecule has 7 nitrogen and oxygen atoms in total. The second kappa shape index (κ2) is 7.77. The zero-order valence-electron chi connectivity index (χ0n) is 9.13. The van der Waals surface area contributed by atoms with Crippen molar-refractivity contribution in [3.63, 3.8) is 0 Å². The number of amides is 1. The van der Waals surface area contributed by atoms with Crippen LogP contribution in [-0.2, 0) is 16.1 Å². The first kappa shape index (κ1) is 12.6. The fourth-order valence-corrected chi connectivity index (χ4v) is 1.12. The molecule has 0 aliphatic rings. The third-order valence-electron chi connectivity index (χ3n) is 1.85. The maximum absolute atomic E-state index is 11.2. The number of carbonyl (C=O) groups is 1. The summed E-state index contributed by atoms with van der Waals surface area (Å²) in [5.41, 5.74) is 5.22. The van der Waals surface area contributed by atoms with E-state index in [1.54, 1.807) is 17.1 Å². The first-order valence-electron chi connectivity index (χ1n) is 5.21. The Morgan fingerprint density at radius 2 is 2.44 bits per heavy atom. The molecule has 0 unspecified atom stereocenters. The van der Waals surface area contributed by atoms with Gasteiger partial charge in [-0.15, -0.1) is 5.10 Å². The van der Waals surface area contributed by atoms with E-state index in [4.69, 9.17) is 10.5 Å². The molecule has 3 N–H and O–H groups in total. The summed E-state index contributed by atoms with van der Waals surface area (Å²) in [5, 5.41) is 10.2. The van der Waals surface area contributed by atoms with Crippen LogP contribution in [0.25, 0.3) is 0 Å². The van der Waals surface area contributed by atoms with Gasteiger partial charge in [0.25, 0.3) is 0 Å². The Morgan fingerprint density at radius 3 is 3.12 bits per heavy atom. The van der Waals surface area contributed by atoms with Gasteiger partial charge in [-0.3, -0.25) is 9.48 Å². The molecule has 90 valence electrons. The highest BCUT2D eigenvalue weighted by molar-refractivity contribution is 5.77. The maximum atomic E-state index is 11.2. The van der Waals surface area contributed by atoms with Gasteiger partial charge in [0.15, 0.2) is 0 Å². The smallest absolute Gasteiger partial charge is 0.245 e. The number of hydrogen-bond acceptors (Lipinski definition) is 5. The first-order chi connectivity index (χ1) is 7.83. The molecule has 1 aromatic heterocycles. The van der Waals surface area contributed by atoms with Gasteiger partial charge in [-0.05, 0) is 6.42 Å². The summed E-state index contributed by atoms with van der Waals surface area (Å²) in [6, 6.07) is 0. The highest BCUT2D eigenvalue weighted by atomic mass is 16.5. The molecule has 0 bridgehead atoms. The molecule has 1 heterocycles. The van der Waals surface area contributed by atoms with Crippen LogP contribution in [0.2, 0.25) is 0 Å². The summed E-state index contributed by atoms with van der Waals surface area (Å²) in [6.07, 6.45) is 4.22. The van der Waals surface area contributed by atoms with E-state index >= 15 is 0 Å². The number of ether oxygens (including phenoxy) is 1. The molecule has 7 heteroatoms. The lowest BCUT2D eigenvalue weighted by Gasteiger charge is -2.05. The summed E-state index contributed by atoms with van der Waals surface area (Å²) in [6.45, 7) is 2.25. The first-order valence-corrected chi connectivity index (χ1v) is 5.21. The van der Waals surface area contributed by atoms with Crippen LogP contribution in [0.5, 0.6) is 0 Å². The van der Waals surface area contributed by atoms with Crippen molar-refractivity contribution < 1.29 is 9.53 Å². The Kier molecular flexibility index (Phi) is 6.12. The van der Waals surface area contributed by atoms with Crippen LogP contribution in [0.4, 0.5) is 0 Å². The highest BCUT2D eigenvalue weighted by Crippen LogP contribution is 1.85. The zero-order valence-corrected chi connectivity index (χ0v) is 9.13. The normalized spacial score (nSPS) is 10.3. The van der Waals surface area contributed by atoms with Crippen molar-refractivity contribution in [2.45, 2.75) is 13.0 Å². The van der Waals surface area contributed by atoms with Crippen LogP contribution in [0, 0.1) is 0 Å². The molecule has 0 aliphatic heterocycles. The number of aromatic nitrogens is 3. The summed E-state index contributed by atoms with van der Waals surface area (Å²) in [7, 11) is 0. The number of nitrogens with one attached hydrogen (secondary N) is 1. The third kappa shape index (κ3) is 5.42. The number of carbonyl (C=O) groups excluding carboxylic acids is 1. The Bertz CT molecular complexity index is 288. The van der Waals surface area contributed by atoms with E-state index in [9.17, 15) is 4.79 Å². The topological polar surface area (TPSA) is 95.1 Å². The van der Waals surface area contributed by atoms with Crippen molar-refractivity contribution in [2.75, 3.05) is 26.3 Å². The van der Waals surface area contributed by atoms with Gasteiger partial charge in [0.1, 0.15) is 6.61 Å². The largest absolute Gasteiger partial charge is 0.370 e. The molecule has 0 spiro atoms. The fourth-order valence-electron chi connectivity index (χ4n) is 1.12. The lowest BCUT2D eigenvalue weighted by Crippen LogP contribution is -2.29. The molecule has 0 saturated heterocycles. The number of nitrogens with zero attached hydrogens (tertiary/aromatic N) is 3. The Hall–Kier alpha value is -1.47. The molecule has 16 heavy (non-hydrogen) atoms. The zero-order chi connectivity index (χ0) is 11.6. The van der Waals surface area contributed by atoms with Crippen LogP contribution in [-0.4, -0.2) is 47.2 Å². The van der Waals surface area contributed by atoms with Crippen LogP contribution < -0.4 is 11.1 Å². The minimum Gasteiger partial charge on any atom is -0.370 e. The lowest BCUT2D eigenvalue weighted by atomic mass is 10.4. The molecule has 0 atom stereocenters. The van der Waals surface area contributed by atoms with E-state index in [0.717, 1.165) is 13.0 Å². The van der Waals surface area contributed by atoms with Crippen molar-refractivity contribution in [3.05, 3.63) is 12.4 Å². The second-order valence-corrected chi connectivity index (χ2v) is 3.21. The minimum absolute atomic E-state index is 0.0700. The Labute approximate surface area is 93.9 Å². The van der Waals surface area contributed by atoms with E-state index in [2.05, 4.69) is 15.6 Å². The number of rotatable bonds is 8. The molecule has 0 radical (unpaired) electrons. The van der Waals surface area contributed by atoms with Crippen molar-refractivity contribution in [3.8, 4) is 0 Å². The Balaban J connectivity index is 1.96. The van der Waals surface area contributed by atoms with Crippen LogP contribution in [0.1, 0.15) is 6.42 Å². The van der Waals surface area contributed by atoms with Crippen molar-refractivity contribution >= 4 is 5.91 Å². The van der Waals surface area contributed by atoms with Gasteiger partial charge in [0.05, 0.1) is 12.8 Å². The molecular formula is C9H17N5O2. The maximum Gasteiger partial charge on any atom is 0.245 e. The second-order valence-electron chi connectivity index (χ2n) is 3.21. The average Bonchev–Trinajstić information content (AvgIpc) is 2.78. The van der Waals surface area contributed by atoms with E-state index in [0.29, 0.717) is 19.7 Å². The van der Waals surface area contributed by atoms with Crippen molar-refractivity contribution in [1.29, 1.82) is 0 Å². The molecule has 1 amide bonds. The molecule has 0 fully saturated rings. The van der Waals surface area contributed by atoms with Gasteiger partial charge in [0.2, 0.25) is 5.91 Å². The van der Waals surface area contributed by atoms with Gasteiger partial charge < -0.3 is 15.8 Å². The van der Waals surface area contributed by atoms with E-state index in [1.165, 1.54) is 0 Å². The predicted octanol–water partition coefficient (Wildman–Crippen LogP) is -1.24. The monoisotopic (exact) mass is 227 g/mol. The molecule has 0 saturated carbocycles. The highest BCUT2D eigenvalue weighted by Gasteiger charge is 1.99. The molecular weight excluding hydrogens is 210 g/mol. The Morgan fingerprint density at radius 1 is 1.56 bits per heavy atom. The van der Waals surface area contributed by atoms with E-state index in [1.807, 2.05) is 0 Å². The van der Waals surface area contributed by atoms with E-state index in [-0.39, 0.29) is 12.5 Å². The van der Waals surface area contributed by atoms with Crippen LogP contribution >= 0.6 is 0 Å². The van der Waals surface area contributed by atoms with Crippen molar-refractivity contribution in [1.82, 2.24) is 20.3 Å². The fraction of sp³-hybridized carbons (Fsp3) is 0.667. The molecule has 0 aliphatic carbocycles. The third-order valence-corrected chi connectivity index (χ3v) is 1.85. The molecule has 1 aromatic rings. The van der Waals surface area contributed by atoms with Crippen LogP contribution in [0.3, 0.4) is 0 Å². The van der Waals surface area contributed by atoms with Crippen LogP contribution in [0.15, 0.2) is 12.4 Å². The van der Waals surface area contributed by atoms with E-state index < -0.39 is 0 Å². The summed E-state index contributed by atoms with van der Waals surface area (Å²) in [5.74, 6) is -0.118. The minimum atomic E-state index is -0.118. The standard InChI is InChI=1S/C9H17N5O2/c10-2-7-16-8-9(15)11-3-1-5-14-6-4-12-13-14/h4,6H,1-3,5,7-8,10H2,(H,11,15). The van der Waals surface area contributed by atoms with Gasteiger partial charge >= 0.3 is 0 Å². The van der Waals surface area contributed by atoms with Gasteiger partial charge in [-0.1, -0.05) is 5.21 Å². The summed E-state index contributed by atoms with van der Waals surface area (Å²) in [4.78, 5) is 11.2. The van der Waals surface area contributed by atoms with Gasteiger partial charge in [-0.2, -0.15) is 0 Å². The number of hydrogen-bond donors (Lipinski definition) is 2.